The molecular weight excluding hydrogens is 372 g/mol. The lowest BCUT2D eigenvalue weighted by Gasteiger charge is -2.24. The van der Waals surface area contributed by atoms with Crippen LogP contribution in [0.15, 0.2) is 72.1 Å². The zero-order valence-electron chi connectivity index (χ0n) is 18.5. The van der Waals surface area contributed by atoms with Gasteiger partial charge in [0.1, 0.15) is 0 Å². The topological polar surface area (TPSA) is 40.6 Å². The zero-order chi connectivity index (χ0) is 21.8. The zero-order valence-corrected chi connectivity index (χ0v) is 18.5. The van der Waals surface area contributed by atoms with Gasteiger partial charge in [0.15, 0.2) is 0 Å². The molecule has 0 atom stereocenters. The van der Waals surface area contributed by atoms with E-state index in [9.17, 15) is 9.59 Å². The van der Waals surface area contributed by atoms with Crippen LogP contribution in [0.25, 0.3) is 0 Å². The largest absolute Gasteiger partial charge is 0.347 e. The van der Waals surface area contributed by atoms with Gasteiger partial charge in [0, 0.05) is 59.8 Å². The lowest BCUT2D eigenvalue weighted by molar-refractivity contribution is -0.131. The molecule has 4 nitrogen and oxygen atoms in total. The quantitative estimate of drug-likeness (QED) is 0.551. The fraction of sp³-hybridized carbons (Fsp3) is 0.308. The van der Waals surface area contributed by atoms with Crippen molar-refractivity contribution in [2.75, 3.05) is 23.9 Å². The molecule has 154 valence electrons. The summed E-state index contributed by atoms with van der Waals surface area (Å²) in [6, 6.07) is 16.2. The molecule has 0 radical (unpaired) electrons. The van der Waals surface area contributed by atoms with Crippen LogP contribution >= 0.6 is 0 Å². The van der Waals surface area contributed by atoms with Gasteiger partial charge in [-0.15, -0.1) is 0 Å². The number of likely N-dealkylation sites (N-methyl/N-ethyl adjacent to an activating group) is 2. The third-order valence-electron chi connectivity index (χ3n) is 6.66. The molecule has 0 saturated heterocycles. The van der Waals surface area contributed by atoms with Crippen molar-refractivity contribution < 1.29 is 9.59 Å². The van der Waals surface area contributed by atoms with E-state index in [1.165, 1.54) is 12.2 Å². The molecule has 2 aromatic carbocycles. The maximum absolute atomic E-state index is 12.9. The molecular formula is C26H28N2O2. The number of rotatable bonds is 3. The Morgan fingerprint density at radius 2 is 1.00 bits per heavy atom. The molecule has 0 amide bonds. The number of ketones is 2. The highest BCUT2D eigenvalue weighted by Crippen LogP contribution is 2.47. The van der Waals surface area contributed by atoms with Crippen LogP contribution in [0.4, 0.5) is 11.4 Å². The summed E-state index contributed by atoms with van der Waals surface area (Å²) in [6.45, 7) is 8.34. The standard InChI is InChI=1S/C26H28N2O2/c1-25(2)17-11-7-9-13-19(17)27(5)23(25)15-21(29)22(30)16-24-26(3,4)18-12-8-10-14-20(18)28(24)6/h7-16H,1-6H3/b23-15+,24-16?. The van der Waals surface area contributed by atoms with Crippen molar-refractivity contribution in [3.05, 3.63) is 83.2 Å². The second kappa shape index (κ2) is 6.69. The fourth-order valence-corrected chi connectivity index (χ4v) is 4.91. The highest BCUT2D eigenvalue weighted by molar-refractivity contribution is 6.46. The van der Waals surface area contributed by atoms with Crippen molar-refractivity contribution in [2.24, 2.45) is 0 Å². The van der Waals surface area contributed by atoms with Crippen LogP contribution in [-0.2, 0) is 20.4 Å². The van der Waals surface area contributed by atoms with Crippen LogP contribution < -0.4 is 9.80 Å². The first-order chi connectivity index (χ1) is 14.1. The van der Waals surface area contributed by atoms with Gasteiger partial charge in [0.2, 0.25) is 11.6 Å². The third kappa shape index (κ3) is 2.82. The van der Waals surface area contributed by atoms with Gasteiger partial charge in [-0.05, 0) is 23.3 Å². The van der Waals surface area contributed by atoms with Gasteiger partial charge < -0.3 is 9.80 Å². The summed E-state index contributed by atoms with van der Waals surface area (Å²) in [4.78, 5) is 29.9. The SMILES string of the molecule is CN1C(=CC(=O)C(=O)/C=C2/N(C)c3ccccc3C2(C)C)C(C)(C)c2ccccc21. The number of hydrogen-bond donors (Lipinski definition) is 0. The van der Waals surface area contributed by atoms with Gasteiger partial charge in [-0.1, -0.05) is 64.1 Å². The summed E-state index contributed by atoms with van der Waals surface area (Å²) in [5, 5.41) is 0. The van der Waals surface area contributed by atoms with Crippen LogP contribution in [0.3, 0.4) is 0 Å². The molecule has 0 unspecified atom stereocenters. The van der Waals surface area contributed by atoms with Crippen LogP contribution in [0, 0.1) is 0 Å². The molecule has 2 aromatic rings. The number of allylic oxidation sites excluding steroid dienone is 4. The Kier molecular flexibility index (Phi) is 4.50. The first-order valence-electron chi connectivity index (χ1n) is 10.3. The Bertz CT molecular complexity index is 1030. The Morgan fingerprint density at radius 1 is 0.667 bits per heavy atom. The van der Waals surface area contributed by atoms with E-state index in [4.69, 9.17) is 0 Å². The van der Waals surface area contributed by atoms with E-state index < -0.39 is 11.6 Å². The molecule has 0 spiro atoms. The van der Waals surface area contributed by atoms with Crippen molar-refractivity contribution in [3.8, 4) is 0 Å². The molecule has 0 saturated carbocycles. The summed E-state index contributed by atoms with van der Waals surface area (Å²) in [5.41, 5.74) is 5.45. The number of fused-ring (bicyclic) bond motifs is 2. The normalized spacial score (nSPS) is 21.1. The van der Waals surface area contributed by atoms with E-state index in [-0.39, 0.29) is 10.8 Å². The van der Waals surface area contributed by atoms with Gasteiger partial charge in [-0.3, -0.25) is 9.59 Å². The number of hydrogen-bond acceptors (Lipinski definition) is 4. The minimum absolute atomic E-state index is 0.339. The second-order valence-electron chi connectivity index (χ2n) is 9.19. The first-order valence-corrected chi connectivity index (χ1v) is 10.3. The van der Waals surface area contributed by atoms with Gasteiger partial charge in [0.05, 0.1) is 0 Å². The molecule has 0 fully saturated rings. The molecule has 4 rings (SSSR count). The van der Waals surface area contributed by atoms with Crippen molar-refractivity contribution in [1.29, 1.82) is 0 Å². The summed E-state index contributed by atoms with van der Waals surface area (Å²) >= 11 is 0. The average Bonchev–Trinajstić information content (AvgIpc) is 3.03. The summed E-state index contributed by atoms with van der Waals surface area (Å²) in [7, 11) is 3.89. The number of nitrogens with zero attached hydrogens (tertiary/aromatic N) is 2. The van der Waals surface area contributed by atoms with Crippen LogP contribution in [0.1, 0.15) is 38.8 Å². The minimum atomic E-state index is -0.495. The fourth-order valence-electron chi connectivity index (χ4n) is 4.91. The Labute approximate surface area is 178 Å². The van der Waals surface area contributed by atoms with Gasteiger partial charge >= 0.3 is 0 Å². The number of carbonyl (C=O) groups excluding carboxylic acids is 2. The predicted molar refractivity (Wildman–Crippen MR) is 122 cm³/mol. The van der Waals surface area contributed by atoms with Crippen molar-refractivity contribution in [1.82, 2.24) is 0 Å². The first kappa shape index (κ1) is 20.1. The Hall–Kier alpha value is -3.14. The number of benzene rings is 2. The van der Waals surface area contributed by atoms with Crippen molar-refractivity contribution in [3.63, 3.8) is 0 Å². The minimum Gasteiger partial charge on any atom is -0.347 e. The van der Waals surface area contributed by atoms with E-state index in [1.807, 2.05) is 60.3 Å². The number of anilines is 2. The molecule has 0 aliphatic carbocycles. The van der Waals surface area contributed by atoms with E-state index >= 15 is 0 Å². The maximum atomic E-state index is 12.9. The van der Waals surface area contributed by atoms with Crippen LogP contribution in [0.5, 0.6) is 0 Å². The van der Waals surface area contributed by atoms with Crippen LogP contribution in [0.2, 0.25) is 0 Å². The second-order valence-corrected chi connectivity index (χ2v) is 9.19. The smallest absolute Gasteiger partial charge is 0.227 e. The summed E-state index contributed by atoms with van der Waals surface area (Å²) in [6.07, 6.45) is 3.02. The monoisotopic (exact) mass is 400 g/mol. The van der Waals surface area contributed by atoms with Gasteiger partial charge in [-0.25, -0.2) is 0 Å². The van der Waals surface area contributed by atoms with E-state index in [1.54, 1.807) is 0 Å². The van der Waals surface area contributed by atoms with E-state index in [0.717, 1.165) is 33.9 Å². The van der Waals surface area contributed by atoms with Crippen LogP contribution in [-0.4, -0.2) is 25.7 Å². The molecule has 2 aliphatic rings. The number of para-hydroxylation sites is 2. The van der Waals surface area contributed by atoms with E-state index in [2.05, 4.69) is 39.8 Å². The molecule has 0 N–H and O–H groups in total. The summed E-state index contributed by atoms with van der Waals surface area (Å²) < 4.78 is 0. The lowest BCUT2D eigenvalue weighted by Crippen LogP contribution is -2.27. The van der Waals surface area contributed by atoms with E-state index in [0.29, 0.717) is 0 Å². The highest BCUT2D eigenvalue weighted by atomic mass is 16.2. The molecule has 0 aromatic heterocycles. The molecule has 30 heavy (non-hydrogen) atoms. The molecule has 2 aliphatic heterocycles. The Balaban J connectivity index is 1.67. The maximum Gasteiger partial charge on any atom is 0.227 e. The number of carbonyl (C=O) groups is 2. The highest BCUT2D eigenvalue weighted by Gasteiger charge is 2.40. The van der Waals surface area contributed by atoms with Crippen molar-refractivity contribution >= 4 is 22.9 Å². The molecule has 0 bridgehead atoms. The third-order valence-corrected chi connectivity index (χ3v) is 6.66. The molecule has 2 heterocycles. The Morgan fingerprint density at radius 3 is 1.33 bits per heavy atom. The van der Waals surface area contributed by atoms with Crippen molar-refractivity contribution in [2.45, 2.75) is 38.5 Å². The lowest BCUT2D eigenvalue weighted by atomic mass is 9.82. The van der Waals surface area contributed by atoms with Gasteiger partial charge in [-0.2, -0.15) is 0 Å². The molecule has 4 heteroatoms. The predicted octanol–water partition coefficient (Wildman–Crippen LogP) is 4.75. The average molecular weight is 401 g/mol. The summed E-state index contributed by atoms with van der Waals surface area (Å²) in [5.74, 6) is -0.990. The van der Waals surface area contributed by atoms with Gasteiger partial charge in [0.25, 0.3) is 0 Å².